The third kappa shape index (κ3) is 5.09. The summed E-state index contributed by atoms with van der Waals surface area (Å²) >= 11 is 0. The van der Waals surface area contributed by atoms with Crippen LogP contribution in [0.25, 0.3) is 0 Å². The molecule has 0 aliphatic carbocycles. The molecule has 0 saturated carbocycles. The number of benzene rings is 2. The first-order valence-electron chi connectivity index (χ1n) is 8.61. The predicted molar refractivity (Wildman–Crippen MR) is 103 cm³/mol. The number of hydrogen-bond donors (Lipinski definition) is 2. The van der Waals surface area contributed by atoms with Crippen LogP contribution in [0.2, 0.25) is 0 Å². The number of anilines is 1. The van der Waals surface area contributed by atoms with Crippen molar-refractivity contribution in [1.82, 2.24) is 5.32 Å². The molecule has 2 aromatic carbocycles. The number of nitrogens with one attached hydrogen (secondary N) is 2. The van der Waals surface area contributed by atoms with Gasteiger partial charge in [0.05, 0.1) is 0 Å². The summed E-state index contributed by atoms with van der Waals surface area (Å²) in [6.07, 6.45) is -0.0743. The topological polar surface area (TPSA) is 67.4 Å². The second kappa shape index (κ2) is 8.04. The van der Waals surface area contributed by atoms with E-state index < -0.39 is 5.54 Å². The van der Waals surface area contributed by atoms with Crippen molar-refractivity contribution in [3.05, 3.63) is 59.7 Å². The monoisotopic (exact) mass is 354 g/mol. The van der Waals surface area contributed by atoms with Crippen molar-refractivity contribution in [3.8, 4) is 5.75 Å². The van der Waals surface area contributed by atoms with E-state index in [1.54, 1.807) is 13.8 Å². The highest BCUT2D eigenvalue weighted by atomic mass is 16.5. The first kappa shape index (κ1) is 19.5. The van der Waals surface area contributed by atoms with Crippen LogP contribution >= 0.6 is 0 Å². The van der Waals surface area contributed by atoms with Crippen LogP contribution in [0.15, 0.2) is 48.5 Å². The molecule has 0 aliphatic heterocycles. The molecule has 0 heterocycles. The molecule has 0 radical (unpaired) electrons. The van der Waals surface area contributed by atoms with Gasteiger partial charge in [-0.25, -0.2) is 0 Å². The van der Waals surface area contributed by atoms with E-state index >= 15 is 0 Å². The van der Waals surface area contributed by atoms with E-state index in [9.17, 15) is 9.59 Å². The lowest BCUT2D eigenvalue weighted by atomic mass is 10.0. The average Bonchev–Trinajstić information content (AvgIpc) is 2.56. The van der Waals surface area contributed by atoms with Gasteiger partial charge in [-0.2, -0.15) is 0 Å². The van der Waals surface area contributed by atoms with Crippen LogP contribution in [0.3, 0.4) is 0 Å². The summed E-state index contributed by atoms with van der Waals surface area (Å²) in [6.45, 7) is 8.62. The number of carbonyl (C=O) groups excluding carboxylic acids is 2. The van der Waals surface area contributed by atoms with Crippen molar-refractivity contribution < 1.29 is 14.3 Å². The molecular formula is C21H26N2O3. The van der Waals surface area contributed by atoms with Crippen LogP contribution in [-0.2, 0) is 9.59 Å². The zero-order valence-electron chi connectivity index (χ0n) is 15.9. The Balaban J connectivity index is 2.07. The van der Waals surface area contributed by atoms with E-state index in [1.807, 2.05) is 62.4 Å². The van der Waals surface area contributed by atoms with Crippen molar-refractivity contribution in [2.24, 2.45) is 0 Å². The molecule has 2 N–H and O–H groups in total. The summed E-state index contributed by atoms with van der Waals surface area (Å²) in [4.78, 5) is 23.7. The smallest absolute Gasteiger partial charge is 0.249 e. The third-order valence-corrected chi connectivity index (χ3v) is 4.08. The summed E-state index contributed by atoms with van der Waals surface area (Å²) in [5.74, 6) is 0.209. The maximum Gasteiger partial charge on any atom is 0.249 e. The molecule has 5 nitrogen and oxygen atoms in total. The van der Waals surface area contributed by atoms with Gasteiger partial charge in [0.15, 0.2) is 0 Å². The lowest BCUT2D eigenvalue weighted by Crippen LogP contribution is -2.51. The van der Waals surface area contributed by atoms with Crippen molar-refractivity contribution in [3.63, 3.8) is 0 Å². The van der Waals surface area contributed by atoms with E-state index in [0.29, 0.717) is 5.69 Å². The molecule has 2 aromatic rings. The Morgan fingerprint density at radius 3 is 2.31 bits per heavy atom. The average molecular weight is 354 g/mol. The fourth-order valence-electron chi connectivity index (χ4n) is 2.62. The first-order valence-corrected chi connectivity index (χ1v) is 8.61. The van der Waals surface area contributed by atoms with Gasteiger partial charge < -0.3 is 15.4 Å². The summed E-state index contributed by atoms with van der Waals surface area (Å²) in [5, 5.41) is 5.50. The molecule has 0 aliphatic rings. The lowest BCUT2D eigenvalue weighted by molar-refractivity contribution is -0.128. The number of amides is 2. The number of rotatable bonds is 6. The van der Waals surface area contributed by atoms with Crippen molar-refractivity contribution in [2.45, 2.75) is 46.3 Å². The lowest BCUT2D eigenvalue weighted by Gasteiger charge is -2.25. The highest BCUT2D eigenvalue weighted by Crippen LogP contribution is 2.26. The van der Waals surface area contributed by atoms with Gasteiger partial charge in [0.25, 0.3) is 0 Å². The van der Waals surface area contributed by atoms with Gasteiger partial charge in [-0.15, -0.1) is 0 Å². The normalized spacial score (nSPS) is 12.2. The zero-order chi connectivity index (χ0) is 19.3. The van der Waals surface area contributed by atoms with Gasteiger partial charge >= 0.3 is 0 Å². The molecule has 1 atom stereocenters. The van der Waals surface area contributed by atoms with Gasteiger partial charge in [0.2, 0.25) is 11.8 Å². The SMILES string of the molecule is CC(=O)NC(C)(C)C(=O)Nc1ccc(OC(C)c2ccccc2)cc1C. The van der Waals surface area contributed by atoms with Gasteiger partial charge in [-0.1, -0.05) is 30.3 Å². The summed E-state index contributed by atoms with van der Waals surface area (Å²) in [7, 11) is 0. The Hall–Kier alpha value is -2.82. The Bertz CT molecular complexity index is 785. The Morgan fingerprint density at radius 2 is 1.73 bits per heavy atom. The van der Waals surface area contributed by atoms with Crippen LogP contribution in [-0.4, -0.2) is 17.4 Å². The molecule has 0 saturated heterocycles. The fourth-order valence-corrected chi connectivity index (χ4v) is 2.62. The van der Waals surface area contributed by atoms with Gasteiger partial charge in [-0.05, 0) is 57.0 Å². The quantitative estimate of drug-likeness (QED) is 0.824. The molecule has 26 heavy (non-hydrogen) atoms. The van der Waals surface area contributed by atoms with E-state index in [1.165, 1.54) is 6.92 Å². The summed E-state index contributed by atoms with van der Waals surface area (Å²) in [6, 6.07) is 15.5. The standard InChI is InChI=1S/C21H26N2O3/c1-14-13-18(26-15(2)17-9-7-6-8-10-17)11-12-19(14)22-20(25)21(4,5)23-16(3)24/h6-13,15H,1-5H3,(H,22,25)(H,23,24). The van der Waals surface area contributed by atoms with Gasteiger partial charge in [-0.3, -0.25) is 9.59 Å². The van der Waals surface area contributed by atoms with Crippen molar-refractivity contribution >= 4 is 17.5 Å². The molecule has 2 amide bonds. The third-order valence-electron chi connectivity index (χ3n) is 4.08. The minimum absolute atomic E-state index is 0.0743. The van der Waals surface area contributed by atoms with E-state index in [2.05, 4.69) is 10.6 Å². The largest absolute Gasteiger partial charge is 0.486 e. The van der Waals surface area contributed by atoms with E-state index in [-0.39, 0.29) is 17.9 Å². The Kier molecular flexibility index (Phi) is 6.03. The molecule has 2 rings (SSSR count). The number of hydrogen-bond acceptors (Lipinski definition) is 3. The fraction of sp³-hybridized carbons (Fsp3) is 0.333. The molecule has 138 valence electrons. The second-order valence-electron chi connectivity index (χ2n) is 6.91. The predicted octanol–water partition coefficient (Wildman–Crippen LogP) is 3.99. The minimum atomic E-state index is -0.991. The molecule has 0 spiro atoms. The van der Waals surface area contributed by atoms with Gasteiger partial charge in [0.1, 0.15) is 17.4 Å². The van der Waals surface area contributed by atoms with Crippen molar-refractivity contribution in [2.75, 3.05) is 5.32 Å². The van der Waals surface area contributed by atoms with Crippen LogP contribution in [0.4, 0.5) is 5.69 Å². The second-order valence-corrected chi connectivity index (χ2v) is 6.91. The molecular weight excluding hydrogens is 328 g/mol. The van der Waals surface area contributed by atoms with E-state index in [4.69, 9.17) is 4.74 Å². The highest BCUT2D eigenvalue weighted by molar-refractivity contribution is 6.00. The summed E-state index contributed by atoms with van der Waals surface area (Å²) in [5.41, 5.74) is 1.68. The zero-order valence-corrected chi connectivity index (χ0v) is 15.9. The van der Waals surface area contributed by atoms with Gasteiger partial charge in [0, 0.05) is 12.6 Å². The van der Waals surface area contributed by atoms with Crippen LogP contribution in [0, 0.1) is 6.92 Å². The number of ether oxygens (including phenoxy) is 1. The number of carbonyl (C=O) groups is 2. The summed E-state index contributed by atoms with van der Waals surface area (Å²) < 4.78 is 5.99. The van der Waals surface area contributed by atoms with Crippen LogP contribution < -0.4 is 15.4 Å². The maximum absolute atomic E-state index is 12.4. The molecule has 1 unspecified atom stereocenters. The molecule has 0 bridgehead atoms. The molecule has 0 fully saturated rings. The Morgan fingerprint density at radius 1 is 1.08 bits per heavy atom. The minimum Gasteiger partial charge on any atom is -0.486 e. The van der Waals surface area contributed by atoms with Crippen LogP contribution in [0.1, 0.15) is 44.9 Å². The number of aryl methyl sites for hydroxylation is 1. The Labute approximate surface area is 154 Å². The van der Waals surface area contributed by atoms with E-state index in [0.717, 1.165) is 16.9 Å². The molecule has 0 aromatic heterocycles. The molecule has 5 heteroatoms. The first-order chi connectivity index (χ1) is 12.2. The van der Waals surface area contributed by atoms with Crippen LogP contribution in [0.5, 0.6) is 5.75 Å². The van der Waals surface area contributed by atoms with Crippen molar-refractivity contribution in [1.29, 1.82) is 0 Å². The highest BCUT2D eigenvalue weighted by Gasteiger charge is 2.28. The maximum atomic E-state index is 12.4.